The molecule has 1 amide bonds. The second-order valence-electron chi connectivity index (χ2n) is 9.06. The molecule has 0 aliphatic carbocycles. The van der Waals surface area contributed by atoms with Gasteiger partial charge in [-0.3, -0.25) is 18.8 Å². The van der Waals surface area contributed by atoms with Crippen molar-refractivity contribution in [2.45, 2.75) is 12.3 Å². The van der Waals surface area contributed by atoms with Gasteiger partial charge in [0.05, 0.1) is 14.2 Å². The molecular formula is C27H25F2N5O5. The van der Waals surface area contributed by atoms with E-state index in [4.69, 9.17) is 9.47 Å². The zero-order chi connectivity index (χ0) is 27.8. The predicted octanol–water partition coefficient (Wildman–Crippen LogP) is 3.26. The van der Waals surface area contributed by atoms with Crippen LogP contribution in [0.2, 0.25) is 0 Å². The van der Waals surface area contributed by atoms with E-state index in [1.54, 1.807) is 37.5 Å². The standard InChI is InChI=1S/C27H25F2N5O5/c1-32-11-10-19(31-32)24-30-25(35)22(27(37)34(24)23-20(38-2)5-4-6-21(23)39-3)26(36)33-12-9-15(14-33)17-8-7-16(28)13-18(17)29/h4-8,10-11,13,15,37H,9,12,14H2,1-3H3. The van der Waals surface area contributed by atoms with Crippen molar-refractivity contribution < 1.29 is 28.2 Å². The highest BCUT2D eigenvalue weighted by Gasteiger charge is 2.35. The minimum absolute atomic E-state index is 0.0369. The molecule has 0 bridgehead atoms. The van der Waals surface area contributed by atoms with Crippen LogP contribution >= 0.6 is 0 Å². The summed E-state index contributed by atoms with van der Waals surface area (Å²) < 4.78 is 41.5. The Labute approximate surface area is 221 Å². The molecule has 10 nitrogen and oxygen atoms in total. The Balaban J connectivity index is 1.63. The molecule has 1 N–H and O–H groups in total. The van der Waals surface area contributed by atoms with Gasteiger partial charge in [-0.05, 0) is 36.2 Å². The summed E-state index contributed by atoms with van der Waals surface area (Å²) in [5.74, 6) is -2.75. The number of aromatic hydroxyl groups is 1. The van der Waals surface area contributed by atoms with E-state index in [-0.39, 0.29) is 47.4 Å². The molecule has 5 rings (SSSR count). The zero-order valence-electron chi connectivity index (χ0n) is 21.4. The zero-order valence-corrected chi connectivity index (χ0v) is 21.4. The van der Waals surface area contributed by atoms with Crippen molar-refractivity contribution >= 4 is 5.91 Å². The van der Waals surface area contributed by atoms with E-state index >= 15 is 0 Å². The Morgan fingerprint density at radius 2 is 1.82 bits per heavy atom. The number of nitrogens with zero attached hydrogens (tertiary/aromatic N) is 5. The van der Waals surface area contributed by atoms with Gasteiger partial charge in [-0.1, -0.05) is 12.1 Å². The Kier molecular flexibility index (Phi) is 6.77. The third-order valence-electron chi connectivity index (χ3n) is 6.73. The lowest BCUT2D eigenvalue weighted by Crippen LogP contribution is -2.34. The molecule has 12 heteroatoms. The minimum Gasteiger partial charge on any atom is -0.494 e. The average molecular weight is 538 g/mol. The number of amides is 1. The maximum Gasteiger partial charge on any atom is 0.290 e. The third kappa shape index (κ3) is 4.58. The van der Waals surface area contributed by atoms with Gasteiger partial charge in [-0.2, -0.15) is 10.1 Å². The van der Waals surface area contributed by atoms with E-state index in [2.05, 4.69) is 10.1 Å². The number of likely N-dealkylation sites (tertiary alicyclic amines) is 1. The topological polar surface area (TPSA) is 112 Å². The molecule has 4 aromatic rings. The molecule has 1 unspecified atom stereocenters. The van der Waals surface area contributed by atoms with Crippen LogP contribution in [0.1, 0.15) is 28.3 Å². The number of carbonyl (C=O) groups is 1. The summed E-state index contributed by atoms with van der Waals surface area (Å²) in [6.45, 7) is 0.263. The molecule has 1 fully saturated rings. The van der Waals surface area contributed by atoms with Crippen LogP contribution in [0.3, 0.4) is 0 Å². The first-order chi connectivity index (χ1) is 18.7. The van der Waals surface area contributed by atoms with Crippen molar-refractivity contribution in [2.24, 2.45) is 7.05 Å². The normalized spacial score (nSPS) is 15.0. The summed E-state index contributed by atoms with van der Waals surface area (Å²) in [4.78, 5) is 32.4. The molecule has 39 heavy (non-hydrogen) atoms. The molecule has 0 spiro atoms. The van der Waals surface area contributed by atoms with E-state index in [0.29, 0.717) is 6.42 Å². The van der Waals surface area contributed by atoms with Crippen molar-refractivity contribution in [1.29, 1.82) is 0 Å². The number of ether oxygens (including phenoxy) is 2. The van der Waals surface area contributed by atoms with E-state index in [9.17, 15) is 23.5 Å². The lowest BCUT2D eigenvalue weighted by molar-refractivity contribution is 0.0784. The van der Waals surface area contributed by atoms with E-state index in [1.807, 2.05) is 0 Å². The second kappa shape index (κ2) is 10.2. The van der Waals surface area contributed by atoms with Crippen molar-refractivity contribution in [3.8, 4) is 34.6 Å². The van der Waals surface area contributed by atoms with Crippen molar-refractivity contribution in [2.75, 3.05) is 27.3 Å². The van der Waals surface area contributed by atoms with Crippen molar-refractivity contribution in [3.63, 3.8) is 0 Å². The van der Waals surface area contributed by atoms with Crippen molar-refractivity contribution in [1.82, 2.24) is 24.2 Å². The SMILES string of the molecule is COc1cccc(OC)c1-n1c(-c2ccn(C)n2)nc(=O)c(C(=O)N2CCC(c3ccc(F)cc3F)C2)c1O. The van der Waals surface area contributed by atoms with Crippen LogP contribution in [0.5, 0.6) is 17.4 Å². The molecule has 3 heterocycles. The van der Waals surface area contributed by atoms with Gasteiger partial charge in [0.15, 0.2) is 11.4 Å². The molecule has 2 aromatic carbocycles. The minimum atomic E-state index is -0.959. The number of hydrogen-bond donors (Lipinski definition) is 1. The van der Waals surface area contributed by atoms with E-state index in [1.165, 1.54) is 34.4 Å². The number of methoxy groups -OCH3 is 2. The van der Waals surface area contributed by atoms with Crippen LogP contribution in [0.4, 0.5) is 8.78 Å². The monoisotopic (exact) mass is 537 g/mol. The summed E-state index contributed by atoms with van der Waals surface area (Å²) in [5.41, 5.74) is -0.793. The summed E-state index contributed by atoms with van der Waals surface area (Å²) in [6.07, 6.45) is 2.03. The van der Waals surface area contributed by atoms with E-state index in [0.717, 1.165) is 12.1 Å². The van der Waals surface area contributed by atoms with Crippen LogP contribution in [0.15, 0.2) is 53.5 Å². The number of aryl methyl sites for hydroxylation is 1. The van der Waals surface area contributed by atoms with Gasteiger partial charge in [0.1, 0.15) is 34.5 Å². The number of aromatic nitrogens is 4. The molecule has 1 aliphatic rings. The highest BCUT2D eigenvalue weighted by molar-refractivity contribution is 5.96. The summed E-state index contributed by atoms with van der Waals surface area (Å²) in [6, 6.07) is 9.84. The van der Waals surface area contributed by atoms with Gasteiger partial charge in [-0.25, -0.2) is 8.78 Å². The summed E-state index contributed by atoms with van der Waals surface area (Å²) in [5, 5.41) is 15.8. The Morgan fingerprint density at radius 3 is 2.44 bits per heavy atom. The molecule has 0 radical (unpaired) electrons. The van der Waals surface area contributed by atoms with Gasteiger partial charge in [0, 0.05) is 38.3 Å². The van der Waals surface area contributed by atoms with Gasteiger partial charge in [0.25, 0.3) is 11.5 Å². The predicted molar refractivity (Wildman–Crippen MR) is 136 cm³/mol. The Bertz CT molecular complexity index is 1610. The molecule has 2 aromatic heterocycles. The lowest BCUT2D eigenvalue weighted by atomic mass is 9.98. The maximum absolute atomic E-state index is 14.4. The first-order valence-electron chi connectivity index (χ1n) is 12.0. The molecule has 1 atom stereocenters. The fourth-order valence-electron chi connectivity index (χ4n) is 4.86. The quantitative estimate of drug-likeness (QED) is 0.402. The first-order valence-corrected chi connectivity index (χ1v) is 12.0. The van der Waals surface area contributed by atoms with Crippen LogP contribution in [0, 0.1) is 11.6 Å². The number of rotatable bonds is 6. The highest BCUT2D eigenvalue weighted by Crippen LogP contribution is 2.39. The third-order valence-corrected chi connectivity index (χ3v) is 6.73. The Morgan fingerprint density at radius 1 is 1.10 bits per heavy atom. The first kappa shape index (κ1) is 25.9. The van der Waals surface area contributed by atoms with Crippen LogP contribution in [-0.2, 0) is 7.05 Å². The average Bonchev–Trinajstić information content (AvgIpc) is 3.57. The number of halogens is 2. The maximum atomic E-state index is 14.4. The fourth-order valence-corrected chi connectivity index (χ4v) is 4.86. The van der Waals surface area contributed by atoms with Gasteiger partial charge < -0.3 is 19.5 Å². The number of para-hydroxylation sites is 1. The van der Waals surface area contributed by atoms with Gasteiger partial charge in [0.2, 0.25) is 5.88 Å². The molecule has 1 saturated heterocycles. The van der Waals surface area contributed by atoms with Crippen molar-refractivity contribution in [3.05, 3.63) is 81.8 Å². The molecular weight excluding hydrogens is 512 g/mol. The fraction of sp³-hybridized carbons (Fsp3) is 0.259. The highest BCUT2D eigenvalue weighted by atomic mass is 19.1. The summed E-state index contributed by atoms with van der Waals surface area (Å²) in [7, 11) is 4.54. The molecule has 1 aliphatic heterocycles. The Hall–Kier alpha value is -4.74. The van der Waals surface area contributed by atoms with Crippen LogP contribution in [0.25, 0.3) is 17.2 Å². The largest absolute Gasteiger partial charge is 0.494 e. The smallest absolute Gasteiger partial charge is 0.290 e. The number of carbonyl (C=O) groups excluding carboxylic acids is 1. The van der Waals surface area contributed by atoms with Crippen LogP contribution in [-0.4, -0.2) is 62.6 Å². The number of benzene rings is 2. The molecule has 0 saturated carbocycles. The molecule has 202 valence electrons. The van der Waals surface area contributed by atoms with Gasteiger partial charge in [-0.15, -0.1) is 0 Å². The summed E-state index contributed by atoms with van der Waals surface area (Å²) >= 11 is 0. The number of hydrogen-bond acceptors (Lipinski definition) is 7. The van der Waals surface area contributed by atoms with Crippen LogP contribution < -0.4 is 15.0 Å². The van der Waals surface area contributed by atoms with E-state index < -0.39 is 40.5 Å². The second-order valence-corrected chi connectivity index (χ2v) is 9.06. The van der Waals surface area contributed by atoms with Gasteiger partial charge >= 0.3 is 0 Å². The lowest BCUT2D eigenvalue weighted by Gasteiger charge is -2.22.